The third kappa shape index (κ3) is 3.83. The van der Waals surface area contributed by atoms with Crippen LogP contribution in [0.4, 0.5) is 0 Å². The average molecular weight is 239 g/mol. The van der Waals surface area contributed by atoms with Crippen molar-refractivity contribution in [1.29, 1.82) is 0 Å². The molecule has 0 aromatic rings. The molecule has 0 radical (unpaired) electrons. The van der Waals surface area contributed by atoms with E-state index in [2.05, 4.69) is 0 Å². The molecule has 1 aliphatic heterocycles. The van der Waals surface area contributed by atoms with Crippen LogP contribution in [0.25, 0.3) is 0 Å². The van der Waals surface area contributed by atoms with Crippen molar-refractivity contribution < 1.29 is 9.59 Å². The van der Waals surface area contributed by atoms with Crippen LogP contribution in [0.1, 0.15) is 47.0 Å². The van der Waals surface area contributed by atoms with E-state index in [-0.39, 0.29) is 29.4 Å². The smallest absolute Gasteiger partial charge is 0.225 e. The van der Waals surface area contributed by atoms with E-state index in [0.717, 1.165) is 25.9 Å². The van der Waals surface area contributed by atoms with E-state index < -0.39 is 0 Å². The summed E-state index contributed by atoms with van der Waals surface area (Å²) in [6.45, 7) is 9.60. The second-order valence-corrected chi connectivity index (χ2v) is 5.62. The molecule has 1 saturated heterocycles. The van der Waals surface area contributed by atoms with Crippen molar-refractivity contribution in [3.63, 3.8) is 0 Å². The lowest BCUT2D eigenvalue weighted by molar-refractivity contribution is -0.136. The van der Waals surface area contributed by atoms with Crippen molar-refractivity contribution in [2.24, 2.45) is 17.8 Å². The number of rotatable bonds is 5. The van der Waals surface area contributed by atoms with Crippen molar-refractivity contribution in [3.8, 4) is 0 Å². The monoisotopic (exact) mass is 239 g/mol. The van der Waals surface area contributed by atoms with Gasteiger partial charge in [0.15, 0.2) is 0 Å². The molecule has 0 aromatic heterocycles. The van der Waals surface area contributed by atoms with Gasteiger partial charge < -0.3 is 4.90 Å². The van der Waals surface area contributed by atoms with Gasteiger partial charge in [0.2, 0.25) is 5.91 Å². The molecule has 1 amide bonds. The molecular formula is C14H25NO2. The van der Waals surface area contributed by atoms with E-state index in [1.807, 2.05) is 32.6 Å². The summed E-state index contributed by atoms with van der Waals surface area (Å²) in [5.41, 5.74) is 0. The van der Waals surface area contributed by atoms with Crippen LogP contribution >= 0.6 is 0 Å². The van der Waals surface area contributed by atoms with E-state index in [4.69, 9.17) is 0 Å². The van der Waals surface area contributed by atoms with Crippen molar-refractivity contribution >= 4 is 11.7 Å². The standard InChI is InChI=1S/C14H25NO2/c1-10(2)13(16)9-11(3)12(4)14(17)15-7-5-6-8-15/h10-12H,5-9H2,1-4H3/t11-,12+/m0/s1. The minimum atomic E-state index is -0.0317. The lowest BCUT2D eigenvalue weighted by Crippen LogP contribution is -2.36. The minimum Gasteiger partial charge on any atom is -0.342 e. The Hall–Kier alpha value is -0.860. The molecule has 0 N–H and O–H groups in total. The van der Waals surface area contributed by atoms with Crippen LogP contribution < -0.4 is 0 Å². The molecule has 0 saturated carbocycles. The second kappa shape index (κ2) is 6.18. The molecule has 0 spiro atoms. The van der Waals surface area contributed by atoms with Crippen LogP contribution in [0.5, 0.6) is 0 Å². The number of Topliss-reactive ketones (excluding diaryl/α,β-unsaturated/α-hetero) is 1. The first-order valence-electron chi connectivity index (χ1n) is 6.75. The summed E-state index contributed by atoms with van der Waals surface area (Å²) in [5, 5.41) is 0. The highest BCUT2D eigenvalue weighted by Crippen LogP contribution is 2.21. The third-order valence-corrected chi connectivity index (χ3v) is 3.83. The maximum absolute atomic E-state index is 12.2. The van der Waals surface area contributed by atoms with Crippen LogP contribution in [0.15, 0.2) is 0 Å². The highest BCUT2D eigenvalue weighted by molar-refractivity contribution is 5.83. The van der Waals surface area contributed by atoms with Gasteiger partial charge in [-0.3, -0.25) is 9.59 Å². The largest absolute Gasteiger partial charge is 0.342 e. The number of nitrogens with zero attached hydrogens (tertiary/aromatic N) is 1. The van der Waals surface area contributed by atoms with Crippen molar-refractivity contribution in [2.45, 2.75) is 47.0 Å². The van der Waals surface area contributed by atoms with Gasteiger partial charge in [0, 0.05) is 31.3 Å². The Bertz CT molecular complexity index is 280. The first-order chi connectivity index (χ1) is 7.93. The lowest BCUT2D eigenvalue weighted by Gasteiger charge is -2.24. The molecule has 98 valence electrons. The molecular weight excluding hydrogens is 214 g/mol. The van der Waals surface area contributed by atoms with E-state index in [1.54, 1.807) is 0 Å². The number of amides is 1. The topological polar surface area (TPSA) is 37.4 Å². The van der Waals surface area contributed by atoms with Gasteiger partial charge >= 0.3 is 0 Å². The maximum Gasteiger partial charge on any atom is 0.225 e. The zero-order valence-corrected chi connectivity index (χ0v) is 11.5. The Labute approximate surface area is 105 Å². The molecule has 1 rings (SSSR count). The SMILES string of the molecule is CC(C)C(=O)C[C@H](C)[C@@H](C)C(=O)N1CCCC1. The zero-order chi connectivity index (χ0) is 13.0. The maximum atomic E-state index is 12.2. The van der Waals surface area contributed by atoms with Gasteiger partial charge in [0.05, 0.1) is 0 Å². The van der Waals surface area contributed by atoms with Crippen LogP contribution in [0.2, 0.25) is 0 Å². The average Bonchev–Trinajstić information content (AvgIpc) is 2.80. The number of ketones is 1. The Morgan fingerprint density at radius 3 is 2.06 bits per heavy atom. The van der Waals surface area contributed by atoms with Gasteiger partial charge in [-0.05, 0) is 18.8 Å². The van der Waals surface area contributed by atoms with Crippen LogP contribution in [-0.4, -0.2) is 29.7 Å². The first-order valence-corrected chi connectivity index (χ1v) is 6.75. The quantitative estimate of drug-likeness (QED) is 0.739. The third-order valence-electron chi connectivity index (χ3n) is 3.83. The molecule has 0 aliphatic carbocycles. The first kappa shape index (κ1) is 14.2. The molecule has 0 aromatic carbocycles. The molecule has 0 unspecified atom stereocenters. The van der Waals surface area contributed by atoms with E-state index in [9.17, 15) is 9.59 Å². The van der Waals surface area contributed by atoms with Crippen molar-refractivity contribution in [1.82, 2.24) is 4.90 Å². The number of carbonyl (C=O) groups is 2. The van der Waals surface area contributed by atoms with Crippen LogP contribution in [0, 0.1) is 17.8 Å². The number of likely N-dealkylation sites (tertiary alicyclic amines) is 1. The lowest BCUT2D eigenvalue weighted by atomic mass is 9.87. The highest BCUT2D eigenvalue weighted by Gasteiger charge is 2.28. The van der Waals surface area contributed by atoms with Gasteiger partial charge in [-0.25, -0.2) is 0 Å². The molecule has 3 nitrogen and oxygen atoms in total. The normalized spacial score (nSPS) is 19.5. The second-order valence-electron chi connectivity index (χ2n) is 5.62. The minimum absolute atomic E-state index is 0.0317. The summed E-state index contributed by atoms with van der Waals surface area (Å²) in [5.74, 6) is 0.686. The zero-order valence-electron chi connectivity index (χ0n) is 11.5. The van der Waals surface area contributed by atoms with Gasteiger partial charge in [-0.1, -0.05) is 27.7 Å². The van der Waals surface area contributed by atoms with Gasteiger partial charge in [0.1, 0.15) is 5.78 Å². The molecule has 1 aliphatic rings. The van der Waals surface area contributed by atoms with E-state index in [1.165, 1.54) is 0 Å². The fraction of sp³-hybridized carbons (Fsp3) is 0.857. The molecule has 17 heavy (non-hydrogen) atoms. The predicted molar refractivity (Wildman–Crippen MR) is 68.6 cm³/mol. The number of hydrogen-bond donors (Lipinski definition) is 0. The molecule has 3 heteroatoms. The summed E-state index contributed by atoms with van der Waals surface area (Å²) in [4.78, 5) is 25.8. The molecule has 2 atom stereocenters. The van der Waals surface area contributed by atoms with Crippen molar-refractivity contribution in [3.05, 3.63) is 0 Å². The van der Waals surface area contributed by atoms with Gasteiger partial charge in [-0.2, -0.15) is 0 Å². The summed E-state index contributed by atoms with van der Waals surface area (Å²) < 4.78 is 0. The Morgan fingerprint density at radius 1 is 1.06 bits per heavy atom. The summed E-state index contributed by atoms with van der Waals surface area (Å²) in [7, 11) is 0. The van der Waals surface area contributed by atoms with E-state index in [0.29, 0.717) is 6.42 Å². The highest BCUT2D eigenvalue weighted by atomic mass is 16.2. The fourth-order valence-electron chi connectivity index (χ4n) is 2.20. The molecule has 1 heterocycles. The van der Waals surface area contributed by atoms with E-state index >= 15 is 0 Å². The molecule has 0 bridgehead atoms. The number of hydrogen-bond acceptors (Lipinski definition) is 2. The summed E-state index contributed by atoms with van der Waals surface area (Å²) in [6, 6.07) is 0. The predicted octanol–water partition coefficient (Wildman–Crippen LogP) is 2.50. The Kier molecular flexibility index (Phi) is 5.16. The van der Waals surface area contributed by atoms with Crippen LogP contribution in [0.3, 0.4) is 0 Å². The number of carbonyl (C=O) groups excluding carboxylic acids is 2. The van der Waals surface area contributed by atoms with Gasteiger partial charge in [-0.15, -0.1) is 0 Å². The molecule has 1 fully saturated rings. The fourth-order valence-corrected chi connectivity index (χ4v) is 2.20. The summed E-state index contributed by atoms with van der Waals surface area (Å²) in [6.07, 6.45) is 2.77. The Balaban J connectivity index is 2.47. The summed E-state index contributed by atoms with van der Waals surface area (Å²) >= 11 is 0. The van der Waals surface area contributed by atoms with Crippen molar-refractivity contribution in [2.75, 3.05) is 13.1 Å². The Morgan fingerprint density at radius 2 is 1.59 bits per heavy atom. The van der Waals surface area contributed by atoms with Gasteiger partial charge in [0.25, 0.3) is 0 Å². The van der Waals surface area contributed by atoms with Crippen LogP contribution in [-0.2, 0) is 9.59 Å².